The quantitative estimate of drug-likeness (QED) is 0.247. The summed E-state index contributed by atoms with van der Waals surface area (Å²) in [5.74, 6) is -7.81. The lowest BCUT2D eigenvalue weighted by molar-refractivity contribution is -0.115. The van der Waals surface area contributed by atoms with E-state index in [0.29, 0.717) is 21.2 Å². The molecule has 0 fully saturated rings. The van der Waals surface area contributed by atoms with Gasteiger partial charge in [-0.1, -0.05) is 17.7 Å². The summed E-state index contributed by atoms with van der Waals surface area (Å²) < 4.78 is 54.1. The van der Waals surface area contributed by atoms with Crippen molar-refractivity contribution in [1.82, 2.24) is 0 Å². The lowest BCUT2D eigenvalue weighted by Crippen LogP contribution is -2.24. The highest BCUT2D eigenvalue weighted by Crippen LogP contribution is 2.28. The molecule has 1 atom stereocenters. The van der Waals surface area contributed by atoms with E-state index in [0.717, 1.165) is 11.8 Å². The average Bonchev–Trinajstić information content (AvgIpc) is 2.76. The van der Waals surface area contributed by atoms with Crippen molar-refractivity contribution in [2.24, 2.45) is 0 Å². The predicted octanol–water partition coefficient (Wildman–Crippen LogP) is 6.27. The number of hydrogen-bond donors (Lipinski definition) is 2. The van der Waals surface area contributed by atoms with Gasteiger partial charge in [0, 0.05) is 27.2 Å². The minimum absolute atomic E-state index is 0.0607. The monoisotopic (exact) mass is 482 g/mol. The molecule has 0 aliphatic rings. The van der Waals surface area contributed by atoms with E-state index in [4.69, 9.17) is 11.6 Å². The summed E-state index contributed by atoms with van der Waals surface area (Å²) in [5, 5.41) is 4.16. The summed E-state index contributed by atoms with van der Waals surface area (Å²) in [6.45, 7) is 1.46. The lowest BCUT2D eigenvalue weighted by atomic mass is 10.2. The van der Waals surface area contributed by atoms with Crippen LogP contribution < -0.4 is 10.6 Å². The molecule has 3 aromatic rings. The van der Waals surface area contributed by atoms with E-state index in [1.807, 2.05) is 5.32 Å². The molecule has 0 spiro atoms. The molecule has 2 N–H and O–H groups in total. The molecule has 0 aromatic heterocycles. The number of thioether (sulfide) groups is 1. The van der Waals surface area contributed by atoms with E-state index in [1.165, 1.54) is 13.0 Å². The maximum atomic E-state index is 13.7. The van der Waals surface area contributed by atoms with Crippen molar-refractivity contribution in [2.45, 2.75) is 17.1 Å². The highest BCUT2D eigenvalue weighted by molar-refractivity contribution is 8.00. The van der Waals surface area contributed by atoms with E-state index in [-0.39, 0.29) is 12.0 Å². The SMILES string of the molecule is CC(Sc1ccc(NC(=O)c2cccc(Cl)c2)cc1)C(=O)Nc1c(F)c(F)cc(F)c1F. The second-order valence-electron chi connectivity index (χ2n) is 6.58. The van der Waals surface area contributed by atoms with Gasteiger partial charge in [-0.15, -0.1) is 11.8 Å². The van der Waals surface area contributed by atoms with Gasteiger partial charge in [-0.25, -0.2) is 17.6 Å². The average molecular weight is 483 g/mol. The van der Waals surface area contributed by atoms with Crippen molar-refractivity contribution < 1.29 is 27.2 Å². The van der Waals surface area contributed by atoms with Crippen molar-refractivity contribution >= 4 is 46.6 Å². The summed E-state index contributed by atoms with van der Waals surface area (Å²) >= 11 is 6.92. The first-order valence-corrected chi connectivity index (χ1v) is 10.4. The molecule has 3 rings (SSSR count). The summed E-state index contributed by atoms with van der Waals surface area (Å²) in [7, 11) is 0. The number of benzene rings is 3. The summed E-state index contributed by atoms with van der Waals surface area (Å²) in [5.41, 5.74) is -0.302. The molecular weight excluding hydrogens is 468 g/mol. The smallest absolute Gasteiger partial charge is 0.255 e. The molecule has 0 bridgehead atoms. The van der Waals surface area contributed by atoms with Crippen molar-refractivity contribution in [3.8, 4) is 0 Å². The zero-order valence-corrected chi connectivity index (χ0v) is 18.0. The number of hydrogen-bond acceptors (Lipinski definition) is 3. The van der Waals surface area contributed by atoms with E-state index >= 15 is 0 Å². The van der Waals surface area contributed by atoms with Crippen LogP contribution in [0.2, 0.25) is 5.02 Å². The molecule has 0 aliphatic heterocycles. The van der Waals surface area contributed by atoms with Gasteiger partial charge in [0.2, 0.25) is 5.91 Å². The molecule has 0 saturated carbocycles. The second kappa shape index (κ2) is 10.1. The maximum Gasteiger partial charge on any atom is 0.255 e. The van der Waals surface area contributed by atoms with Gasteiger partial charge in [0.1, 0.15) is 5.69 Å². The van der Waals surface area contributed by atoms with Crippen LogP contribution >= 0.6 is 23.4 Å². The molecular formula is C22H15ClF4N2O2S. The number of nitrogens with one attached hydrogen (secondary N) is 2. The number of amides is 2. The zero-order valence-electron chi connectivity index (χ0n) is 16.4. The number of rotatable bonds is 6. The van der Waals surface area contributed by atoms with Crippen molar-refractivity contribution in [1.29, 1.82) is 0 Å². The van der Waals surface area contributed by atoms with Crippen molar-refractivity contribution in [3.63, 3.8) is 0 Å². The summed E-state index contributed by atoms with van der Waals surface area (Å²) in [6.07, 6.45) is 0. The van der Waals surface area contributed by atoms with Crippen LogP contribution in [-0.4, -0.2) is 17.1 Å². The van der Waals surface area contributed by atoms with Crippen LogP contribution in [0.5, 0.6) is 0 Å². The highest BCUT2D eigenvalue weighted by atomic mass is 35.5. The first kappa shape index (κ1) is 23.6. The first-order valence-electron chi connectivity index (χ1n) is 9.13. The van der Waals surface area contributed by atoms with Crippen LogP contribution in [0, 0.1) is 23.3 Å². The molecule has 10 heteroatoms. The molecule has 1 unspecified atom stereocenters. The fourth-order valence-corrected chi connectivity index (χ4v) is 3.67. The maximum absolute atomic E-state index is 13.7. The Morgan fingerprint density at radius 2 is 1.53 bits per heavy atom. The number of carbonyl (C=O) groups is 2. The Hall–Kier alpha value is -3.04. The molecule has 3 aromatic carbocycles. The third-order valence-corrected chi connectivity index (χ3v) is 5.59. The Balaban J connectivity index is 1.63. The van der Waals surface area contributed by atoms with Crippen LogP contribution in [0.3, 0.4) is 0 Å². The van der Waals surface area contributed by atoms with Gasteiger partial charge in [-0.2, -0.15) is 0 Å². The minimum atomic E-state index is -1.69. The minimum Gasteiger partial charge on any atom is -0.322 e. The van der Waals surface area contributed by atoms with E-state index < -0.39 is 40.1 Å². The Morgan fingerprint density at radius 3 is 2.12 bits per heavy atom. The molecule has 32 heavy (non-hydrogen) atoms. The Kier molecular flexibility index (Phi) is 7.42. The second-order valence-corrected chi connectivity index (χ2v) is 8.43. The molecule has 4 nitrogen and oxygen atoms in total. The van der Waals surface area contributed by atoms with Crippen LogP contribution in [0.1, 0.15) is 17.3 Å². The van der Waals surface area contributed by atoms with E-state index in [1.54, 1.807) is 42.5 Å². The molecule has 166 valence electrons. The van der Waals surface area contributed by atoms with Gasteiger partial charge < -0.3 is 10.6 Å². The molecule has 0 radical (unpaired) electrons. The number of anilines is 2. The van der Waals surface area contributed by atoms with Crippen LogP contribution in [0.4, 0.5) is 28.9 Å². The van der Waals surface area contributed by atoms with Crippen LogP contribution in [-0.2, 0) is 4.79 Å². The third kappa shape index (κ3) is 5.60. The Morgan fingerprint density at radius 1 is 0.906 bits per heavy atom. The predicted molar refractivity (Wildman–Crippen MR) is 116 cm³/mol. The fourth-order valence-electron chi connectivity index (χ4n) is 2.62. The normalized spacial score (nSPS) is 11.7. The van der Waals surface area contributed by atoms with E-state index in [9.17, 15) is 27.2 Å². The fraction of sp³-hybridized carbons (Fsp3) is 0.0909. The van der Waals surface area contributed by atoms with Crippen molar-refractivity contribution in [3.05, 3.63) is 88.5 Å². The topological polar surface area (TPSA) is 58.2 Å². The van der Waals surface area contributed by atoms with Gasteiger partial charge >= 0.3 is 0 Å². The zero-order chi connectivity index (χ0) is 23.4. The molecule has 2 amide bonds. The third-order valence-electron chi connectivity index (χ3n) is 4.24. The lowest BCUT2D eigenvalue weighted by Gasteiger charge is -2.14. The van der Waals surface area contributed by atoms with Gasteiger partial charge in [0.25, 0.3) is 5.91 Å². The standard InChI is InChI=1S/C22H15ClF4N2O2S/c1-11(21(30)29-20-18(26)16(24)10-17(25)19(20)27)32-15-7-5-14(6-8-15)28-22(31)12-3-2-4-13(23)9-12/h2-11H,1H3,(H,28,31)(H,29,30). The molecule has 0 aliphatic carbocycles. The highest BCUT2D eigenvalue weighted by Gasteiger charge is 2.23. The van der Waals surface area contributed by atoms with E-state index in [2.05, 4.69) is 5.32 Å². The van der Waals surface area contributed by atoms with Crippen LogP contribution in [0.15, 0.2) is 59.5 Å². The first-order chi connectivity index (χ1) is 15.2. The van der Waals surface area contributed by atoms with Gasteiger partial charge in [-0.3, -0.25) is 9.59 Å². The van der Waals surface area contributed by atoms with Gasteiger partial charge in [-0.05, 0) is 49.4 Å². The Labute approximate surface area is 190 Å². The van der Waals surface area contributed by atoms with Gasteiger partial charge in [0.15, 0.2) is 23.3 Å². The Bertz CT molecular complexity index is 1150. The summed E-state index contributed by atoms with van der Waals surface area (Å²) in [4.78, 5) is 25.1. The largest absolute Gasteiger partial charge is 0.322 e. The number of halogens is 5. The van der Waals surface area contributed by atoms with Gasteiger partial charge in [0.05, 0.1) is 5.25 Å². The molecule has 0 saturated heterocycles. The summed E-state index contributed by atoms with van der Waals surface area (Å²) in [6, 6.07) is 13.0. The van der Waals surface area contributed by atoms with Crippen LogP contribution in [0.25, 0.3) is 0 Å². The molecule has 0 heterocycles. The van der Waals surface area contributed by atoms with Crippen molar-refractivity contribution in [2.75, 3.05) is 10.6 Å². The number of carbonyl (C=O) groups excluding carboxylic acids is 2.